The highest BCUT2D eigenvalue weighted by Crippen LogP contribution is 2.31. The molecule has 0 saturated carbocycles. The molecule has 1 amide bonds. The van der Waals surface area contributed by atoms with Crippen LogP contribution in [0, 0.1) is 0 Å². The van der Waals surface area contributed by atoms with E-state index in [-0.39, 0.29) is 5.91 Å². The SMILES string of the molecule is Cn1cc(CN2CCN(C3=NC(=O)C(=Cc4ccc(Cl)cc4)S3)CC2)cn1. The van der Waals surface area contributed by atoms with Gasteiger partial charge in [-0.2, -0.15) is 10.1 Å². The lowest BCUT2D eigenvalue weighted by atomic mass is 10.2. The zero-order valence-corrected chi connectivity index (χ0v) is 16.6. The van der Waals surface area contributed by atoms with Gasteiger partial charge in [0.2, 0.25) is 0 Å². The Morgan fingerprint density at radius 2 is 1.93 bits per heavy atom. The number of amides is 1. The number of carbonyl (C=O) groups is 1. The first-order chi connectivity index (χ1) is 13.1. The molecule has 140 valence electrons. The second-order valence-electron chi connectivity index (χ2n) is 6.65. The van der Waals surface area contributed by atoms with Crippen LogP contribution >= 0.6 is 23.4 Å². The van der Waals surface area contributed by atoms with Crippen molar-refractivity contribution in [1.29, 1.82) is 0 Å². The monoisotopic (exact) mass is 401 g/mol. The standard InChI is InChI=1S/C19H20ClN5OS/c1-23-12-15(11-21-23)13-24-6-8-25(9-7-24)19-22-18(26)17(27-19)10-14-2-4-16(20)5-3-14/h2-5,10-12H,6-9,13H2,1H3. The fourth-order valence-corrected chi connectivity index (χ4v) is 4.24. The van der Waals surface area contributed by atoms with E-state index in [4.69, 9.17) is 11.6 Å². The van der Waals surface area contributed by atoms with Crippen molar-refractivity contribution in [3.8, 4) is 0 Å². The normalized spacial score (nSPS) is 19.8. The van der Waals surface area contributed by atoms with E-state index < -0.39 is 0 Å². The van der Waals surface area contributed by atoms with Crippen molar-refractivity contribution in [2.24, 2.45) is 12.0 Å². The average Bonchev–Trinajstić information content (AvgIpc) is 3.23. The van der Waals surface area contributed by atoms with Crippen molar-refractivity contribution in [2.45, 2.75) is 6.54 Å². The molecule has 1 aromatic carbocycles. The summed E-state index contributed by atoms with van der Waals surface area (Å²) in [5.41, 5.74) is 2.18. The average molecular weight is 402 g/mol. The Hall–Kier alpha value is -2.09. The molecule has 4 rings (SSSR count). The van der Waals surface area contributed by atoms with Crippen LogP contribution in [0.3, 0.4) is 0 Å². The van der Waals surface area contributed by atoms with E-state index in [9.17, 15) is 4.79 Å². The van der Waals surface area contributed by atoms with Gasteiger partial charge in [0.15, 0.2) is 5.17 Å². The van der Waals surface area contributed by atoms with E-state index in [1.54, 1.807) is 0 Å². The Kier molecular flexibility index (Phi) is 5.33. The van der Waals surface area contributed by atoms with Crippen molar-refractivity contribution in [2.75, 3.05) is 26.2 Å². The number of aromatic nitrogens is 2. The van der Waals surface area contributed by atoms with Gasteiger partial charge >= 0.3 is 0 Å². The summed E-state index contributed by atoms with van der Waals surface area (Å²) < 4.78 is 1.83. The lowest BCUT2D eigenvalue weighted by Gasteiger charge is -2.35. The number of rotatable bonds is 3. The molecule has 2 aliphatic rings. The van der Waals surface area contributed by atoms with Crippen molar-refractivity contribution in [3.63, 3.8) is 0 Å². The second-order valence-corrected chi connectivity index (χ2v) is 8.09. The van der Waals surface area contributed by atoms with Gasteiger partial charge < -0.3 is 4.90 Å². The van der Waals surface area contributed by atoms with Gasteiger partial charge in [0, 0.05) is 56.6 Å². The van der Waals surface area contributed by atoms with E-state index in [1.165, 1.54) is 17.3 Å². The Balaban J connectivity index is 1.34. The van der Waals surface area contributed by atoms with Crippen LogP contribution < -0.4 is 0 Å². The van der Waals surface area contributed by atoms with Crippen LogP contribution in [0.2, 0.25) is 5.02 Å². The summed E-state index contributed by atoms with van der Waals surface area (Å²) in [5.74, 6) is -0.164. The van der Waals surface area contributed by atoms with Crippen LogP contribution in [0.4, 0.5) is 0 Å². The number of hydrogen-bond acceptors (Lipinski definition) is 5. The molecule has 8 heteroatoms. The van der Waals surface area contributed by atoms with Gasteiger partial charge in [-0.1, -0.05) is 23.7 Å². The Morgan fingerprint density at radius 3 is 2.59 bits per heavy atom. The van der Waals surface area contributed by atoms with Crippen LogP contribution in [0.15, 0.2) is 46.6 Å². The van der Waals surface area contributed by atoms with Crippen molar-refractivity contribution in [1.82, 2.24) is 19.6 Å². The van der Waals surface area contributed by atoms with E-state index >= 15 is 0 Å². The van der Waals surface area contributed by atoms with Gasteiger partial charge in [0.25, 0.3) is 5.91 Å². The highest BCUT2D eigenvalue weighted by Gasteiger charge is 2.28. The van der Waals surface area contributed by atoms with Gasteiger partial charge in [-0.15, -0.1) is 0 Å². The van der Waals surface area contributed by atoms with E-state index in [0.717, 1.165) is 43.5 Å². The molecule has 1 fully saturated rings. The Bertz CT molecular complexity index is 897. The highest BCUT2D eigenvalue weighted by atomic mass is 35.5. The van der Waals surface area contributed by atoms with Crippen LogP contribution in [0.25, 0.3) is 6.08 Å². The topological polar surface area (TPSA) is 53.7 Å². The lowest BCUT2D eigenvalue weighted by molar-refractivity contribution is -0.113. The summed E-state index contributed by atoms with van der Waals surface area (Å²) in [6.45, 7) is 4.53. The fraction of sp³-hybridized carbons (Fsp3) is 0.316. The number of hydrogen-bond donors (Lipinski definition) is 0. The maximum atomic E-state index is 12.3. The van der Waals surface area contributed by atoms with E-state index in [1.807, 2.05) is 48.3 Å². The second kappa shape index (κ2) is 7.88. The molecule has 0 radical (unpaired) electrons. The highest BCUT2D eigenvalue weighted by molar-refractivity contribution is 8.18. The van der Waals surface area contributed by atoms with E-state index in [2.05, 4.69) is 26.1 Å². The molecule has 0 unspecified atom stereocenters. The molecule has 1 aromatic heterocycles. The molecular weight excluding hydrogens is 382 g/mol. The fourth-order valence-electron chi connectivity index (χ4n) is 3.15. The van der Waals surface area contributed by atoms with Crippen LogP contribution in [0.1, 0.15) is 11.1 Å². The maximum absolute atomic E-state index is 12.3. The van der Waals surface area contributed by atoms with Crippen molar-refractivity contribution in [3.05, 3.63) is 57.7 Å². The zero-order valence-electron chi connectivity index (χ0n) is 15.0. The maximum Gasteiger partial charge on any atom is 0.286 e. The van der Waals surface area contributed by atoms with Gasteiger partial charge in [0.05, 0.1) is 11.1 Å². The molecule has 27 heavy (non-hydrogen) atoms. The van der Waals surface area contributed by atoms with Crippen molar-refractivity contribution >= 4 is 40.5 Å². The number of nitrogens with zero attached hydrogens (tertiary/aromatic N) is 5. The number of benzene rings is 1. The van der Waals surface area contributed by atoms with Gasteiger partial charge in [0.1, 0.15) is 0 Å². The summed E-state index contributed by atoms with van der Waals surface area (Å²) in [5, 5.41) is 5.71. The largest absolute Gasteiger partial charge is 0.348 e. The third-order valence-corrected chi connectivity index (χ3v) is 5.88. The first-order valence-corrected chi connectivity index (χ1v) is 9.99. The van der Waals surface area contributed by atoms with Crippen LogP contribution in [-0.2, 0) is 18.4 Å². The summed E-state index contributed by atoms with van der Waals surface area (Å²) in [6.07, 6.45) is 5.84. The van der Waals surface area contributed by atoms with Crippen LogP contribution in [0.5, 0.6) is 0 Å². The summed E-state index contributed by atoms with van der Waals surface area (Å²) in [4.78, 5) is 21.8. The van der Waals surface area contributed by atoms with Gasteiger partial charge in [-0.25, -0.2) is 0 Å². The molecule has 0 spiro atoms. The Morgan fingerprint density at radius 1 is 1.19 bits per heavy atom. The molecule has 0 aliphatic carbocycles. The number of thioether (sulfide) groups is 1. The molecule has 2 aromatic rings. The third-order valence-electron chi connectivity index (χ3n) is 4.58. The minimum atomic E-state index is -0.164. The summed E-state index contributed by atoms with van der Waals surface area (Å²) >= 11 is 7.37. The predicted octanol–water partition coefficient (Wildman–Crippen LogP) is 2.86. The zero-order chi connectivity index (χ0) is 18.8. The molecule has 1 saturated heterocycles. The smallest absolute Gasteiger partial charge is 0.286 e. The van der Waals surface area contributed by atoms with E-state index in [0.29, 0.717) is 9.93 Å². The molecule has 2 aliphatic heterocycles. The number of piperazine rings is 1. The van der Waals surface area contributed by atoms with Crippen molar-refractivity contribution < 1.29 is 4.79 Å². The molecule has 0 bridgehead atoms. The van der Waals surface area contributed by atoms with Gasteiger partial charge in [-0.05, 0) is 35.5 Å². The number of carbonyl (C=O) groups excluding carboxylic acids is 1. The third kappa shape index (κ3) is 4.43. The number of amidine groups is 1. The molecule has 0 atom stereocenters. The molecular formula is C19H20ClN5OS. The summed E-state index contributed by atoms with van der Waals surface area (Å²) in [7, 11) is 1.93. The quantitative estimate of drug-likeness (QED) is 0.740. The molecule has 6 nitrogen and oxygen atoms in total. The van der Waals surface area contributed by atoms with Crippen LogP contribution in [-0.4, -0.2) is 56.8 Å². The summed E-state index contributed by atoms with van der Waals surface area (Å²) in [6, 6.07) is 7.44. The van der Waals surface area contributed by atoms with Gasteiger partial charge in [-0.3, -0.25) is 14.4 Å². The number of aryl methyl sites for hydroxylation is 1. The Labute approximate surface area is 167 Å². The predicted molar refractivity (Wildman–Crippen MR) is 110 cm³/mol. The lowest BCUT2D eigenvalue weighted by Crippen LogP contribution is -2.47. The number of halogens is 1. The molecule has 3 heterocycles. The first kappa shape index (κ1) is 18.3. The first-order valence-electron chi connectivity index (χ1n) is 8.80. The minimum absolute atomic E-state index is 0.164. The molecule has 0 N–H and O–H groups in total. The minimum Gasteiger partial charge on any atom is -0.348 e. The number of aliphatic imine (C=N–C) groups is 1.